The van der Waals surface area contributed by atoms with Gasteiger partial charge >= 0.3 is 0 Å². The predicted molar refractivity (Wildman–Crippen MR) is 92.8 cm³/mol. The van der Waals surface area contributed by atoms with Gasteiger partial charge in [-0.05, 0) is 67.1 Å². The van der Waals surface area contributed by atoms with Crippen LogP contribution in [0.3, 0.4) is 0 Å². The summed E-state index contributed by atoms with van der Waals surface area (Å²) in [5.74, 6) is 1.64. The minimum absolute atomic E-state index is 0.112. The van der Waals surface area contributed by atoms with Crippen LogP contribution in [-0.4, -0.2) is 18.6 Å². The monoisotopic (exact) mass is 323 g/mol. The summed E-state index contributed by atoms with van der Waals surface area (Å²) in [6.07, 6.45) is 2.86. The molecule has 0 radical (unpaired) electrons. The van der Waals surface area contributed by atoms with Crippen molar-refractivity contribution in [2.24, 2.45) is 5.16 Å². The van der Waals surface area contributed by atoms with Crippen molar-refractivity contribution in [1.29, 1.82) is 0 Å². The van der Waals surface area contributed by atoms with Gasteiger partial charge in [-0.25, -0.2) is 0 Å². The fourth-order valence-corrected chi connectivity index (χ4v) is 3.12. The van der Waals surface area contributed by atoms with E-state index >= 15 is 0 Å². The number of aryl methyl sites for hydroxylation is 2. The van der Waals surface area contributed by atoms with E-state index in [0.29, 0.717) is 6.79 Å². The van der Waals surface area contributed by atoms with Crippen LogP contribution >= 0.6 is 0 Å². The number of benzene rings is 2. The molecule has 4 rings (SSSR count). The van der Waals surface area contributed by atoms with Gasteiger partial charge in [-0.15, -0.1) is 0 Å². The van der Waals surface area contributed by atoms with Gasteiger partial charge in [0.25, 0.3) is 0 Å². The highest BCUT2D eigenvalue weighted by atomic mass is 16.7. The molecule has 0 aromatic heterocycles. The molecule has 2 aromatic rings. The van der Waals surface area contributed by atoms with Crippen molar-refractivity contribution in [2.75, 3.05) is 6.79 Å². The standard InChI is InChI=1S/C20H21NO3/c1-13-3-5-16(9-14(13)2)18-7-6-17(24-21-18)10-15-4-8-19-20(11-15)23-12-22-19/h3-5,8-9,11,17H,6-7,10,12H2,1-2H3. The fourth-order valence-electron chi connectivity index (χ4n) is 3.12. The van der Waals surface area contributed by atoms with Crippen molar-refractivity contribution in [3.8, 4) is 11.5 Å². The fraction of sp³-hybridized carbons (Fsp3) is 0.350. The van der Waals surface area contributed by atoms with Gasteiger partial charge in [0.15, 0.2) is 11.5 Å². The Morgan fingerprint density at radius 1 is 1.00 bits per heavy atom. The molecule has 0 spiro atoms. The molecule has 0 aliphatic carbocycles. The largest absolute Gasteiger partial charge is 0.454 e. The number of fused-ring (bicyclic) bond motifs is 1. The van der Waals surface area contributed by atoms with Gasteiger partial charge in [0, 0.05) is 6.42 Å². The quantitative estimate of drug-likeness (QED) is 0.851. The number of hydrogen-bond donors (Lipinski definition) is 0. The minimum atomic E-state index is 0.112. The van der Waals surface area contributed by atoms with Gasteiger partial charge in [0.1, 0.15) is 6.10 Å². The molecule has 0 bridgehead atoms. The van der Waals surface area contributed by atoms with E-state index in [1.54, 1.807) is 0 Å². The second-order valence-electron chi connectivity index (χ2n) is 6.49. The molecule has 2 aliphatic heterocycles. The van der Waals surface area contributed by atoms with Crippen LogP contribution in [0.5, 0.6) is 11.5 Å². The summed E-state index contributed by atoms with van der Waals surface area (Å²) in [6, 6.07) is 12.5. The van der Waals surface area contributed by atoms with E-state index in [-0.39, 0.29) is 6.10 Å². The van der Waals surface area contributed by atoms with E-state index in [2.05, 4.69) is 43.3 Å². The first-order valence-electron chi connectivity index (χ1n) is 8.38. The summed E-state index contributed by atoms with van der Waals surface area (Å²) in [7, 11) is 0. The van der Waals surface area contributed by atoms with Crippen LogP contribution in [0, 0.1) is 13.8 Å². The summed E-state index contributed by atoms with van der Waals surface area (Å²) in [4.78, 5) is 5.75. The molecule has 0 amide bonds. The zero-order valence-electron chi connectivity index (χ0n) is 14.0. The molecule has 0 saturated carbocycles. The van der Waals surface area contributed by atoms with Crippen molar-refractivity contribution in [3.63, 3.8) is 0 Å². The maximum Gasteiger partial charge on any atom is 0.231 e. The van der Waals surface area contributed by atoms with Crippen LogP contribution in [0.15, 0.2) is 41.6 Å². The van der Waals surface area contributed by atoms with E-state index < -0.39 is 0 Å². The minimum Gasteiger partial charge on any atom is -0.454 e. The number of nitrogens with zero attached hydrogens (tertiary/aromatic N) is 1. The first-order chi connectivity index (χ1) is 11.7. The lowest BCUT2D eigenvalue weighted by atomic mass is 9.97. The third-order valence-corrected chi connectivity index (χ3v) is 4.76. The maximum absolute atomic E-state index is 5.75. The Morgan fingerprint density at radius 2 is 1.88 bits per heavy atom. The van der Waals surface area contributed by atoms with Crippen molar-refractivity contribution >= 4 is 5.71 Å². The Balaban J connectivity index is 1.43. The molecule has 4 nitrogen and oxygen atoms in total. The molecule has 1 unspecified atom stereocenters. The van der Waals surface area contributed by atoms with Gasteiger partial charge in [-0.2, -0.15) is 0 Å². The van der Waals surface area contributed by atoms with Crippen molar-refractivity contribution in [2.45, 2.75) is 39.2 Å². The third kappa shape index (κ3) is 2.96. The van der Waals surface area contributed by atoms with Gasteiger partial charge in [-0.3, -0.25) is 0 Å². The highest BCUT2D eigenvalue weighted by Gasteiger charge is 2.21. The van der Waals surface area contributed by atoms with Crippen LogP contribution in [0.1, 0.15) is 35.1 Å². The lowest BCUT2D eigenvalue weighted by Crippen LogP contribution is -2.21. The molecule has 0 fully saturated rings. The Hall–Kier alpha value is -2.49. The van der Waals surface area contributed by atoms with Crippen molar-refractivity contribution < 1.29 is 14.3 Å². The Bertz CT molecular complexity index is 797. The third-order valence-electron chi connectivity index (χ3n) is 4.76. The molecular formula is C20H21NO3. The van der Waals surface area contributed by atoms with Crippen molar-refractivity contribution in [3.05, 3.63) is 58.7 Å². The predicted octanol–water partition coefficient (Wildman–Crippen LogP) is 4.16. The summed E-state index contributed by atoms with van der Waals surface area (Å²) in [5.41, 5.74) is 5.99. The number of ether oxygens (including phenoxy) is 2. The lowest BCUT2D eigenvalue weighted by Gasteiger charge is -2.21. The summed E-state index contributed by atoms with van der Waals surface area (Å²) >= 11 is 0. The number of oxime groups is 1. The molecule has 24 heavy (non-hydrogen) atoms. The average Bonchev–Trinajstić information content (AvgIpc) is 3.06. The number of hydrogen-bond acceptors (Lipinski definition) is 4. The molecule has 0 saturated heterocycles. The van der Waals surface area contributed by atoms with Crippen LogP contribution < -0.4 is 9.47 Å². The van der Waals surface area contributed by atoms with E-state index in [0.717, 1.165) is 36.5 Å². The van der Waals surface area contributed by atoms with Gasteiger partial charge in [0.05, 0.1) is 5.71 Å². The van der Waals surface area contributed by atoms with Gasteiger partial charge in [-0.1, -0.05) is 23.4 Å². The molecular weight excluding hydrogens is 302 g/mol. The second kappa shape index (κ2) is 6.19. The Morgan fingerprint density at radius 3 is 2.67 bits per heavy atom. The summed E-state index contributed by atoms with van der Waals surface area (Å²) < 4.78 is 10.8. The highest BCUT2D eigenvalue weighted by molar-refractivity contribution is 6.00. The van der Waals surface area contributed by atoms with Crippen LogP contribution in [0.2, 0.25) is 0 Å². The zero-order chi connectivity index (χ0) is 16.5. The van der Waals surface area contributed by atoms with Gasteiger partial charge < -0.3 is 14.3 Å². The summed E-state index contributed by atoms with van der Waals surface area (Å²) in [5, 5.41) is 4.38. The second-order valence-corrected chi connectivity index (χ2v) is 6.49. The van der Waals surface area contributed by atoms with Gasteiger partial charge in [0.2, 0.25) is 6.79 Å². The van der Waals surface area contributed by atoms with Crippen LogP contribution in [0.25, 0.3) is 0 Å². The highest BCUT2D eigenvalue weighted by Crippen LogP contribution is 2.33. The van der Waals surface area contributed by atoms with E-state index in [1.807, 2.05) is 12.1 Å². The molecule has 1 atom stereocenters. The lowest BCUT2D eigenvalue weighted by molar-refractivity contribution is 0.0443. The maximum atomic E-state index is 5.75. The molecule has 4 heteroatoms. The number of rotatable bonds is 3. The van der Waals surface area contributed by atoms with Crippen LogP contribution in [0.4, 0.5) is 0 Å². The average molecular weight is 323 g/mol. The molecule has 2 heterocycles. The summed E-state index contributed by atoms with van der Waals surface area (Å²) in [6.45, 7) is 4.56. The first kappa shape index (κ1) is 15.1. The molecule has 0 N–H and O–H groups in total. The molecule has 2 aromatic carbocycles. The topological polar surface area (TPSA) is 40.0 Å². The zero-order valence-corrected chi connectivity index (χ0v) is 14.0. The first-order valence-corrected chi connectivity index (χ1v) is 8.38. The molecule has 124 valence electrons. The van der Waals surface area contributed by atoms with E-state index in [1.165, 1.54) is 22.3 Å². The van der Waals surface area contributed by atoms with Crippen LogP contribution in [-0.2, 0) is 11.3 Å². The smallest absolute Gasteiger partial charge is 0.231 e. The van der Waals surface area contributed by atoms with E-state index in [4.69, 9.17) is 14.3 Å². The Kier molecular flexibility index (Phi) is 3.89. The SMILES string of the molecule is Cc1ccc(C2=NOC(Cc3ccc4c(c3)OCO4)CC2)cc1C. The molecule has 2 aliphatic rings. The normalized spacial score (nSPS) is 18.9. The van der Waals surface area contributed by atoms with Crippen molar-refractivity contribution in [1.82, 2.24) is 0 Å². The Labute approximate surface area is 142 Å². The van der Waals surface area contributed by atoms with E-state index in [9.17, 15) is 0 Å².